The van der Waals surface area contributed by atoms with Gasteiger partial charge in [0.1, 0.15) is 6.42 Å². The minimum atomic E-state index is -0.278. The van der Waals surface area contributed by atoms with Crippen LogP contribution in [0.4, 0.5) is 0 Å². The summed E-state index contributed by atoms with van der Waals surface area (Å²) in [6, 6.07) is 5.46. The second-order valence-electron chi connectivity index (χ2n) is 4.21. The average Bonchev–Trinajstić information content (AvgIpc) is 2.43. The summed E-state index contributed by atoms with van der Waals surface area (Å²) in [4.78, 5) is 11.2. The predicted octanol–water partition coefficient (Wildman–Crippen LogP) is 2.71. The SMILES string of the molecule is CCOc1cc(CCNC(=O)CC#N)cc(Cl)c1OCC. The lowest BCUT2D eigenvalue weighted by Crippen LogP contribution is -2.24. The van der Waals surface area contributed by atoms with Gasteiger partial charge < -0.3 is 14.8 Å². The molecule has 0 saturated heterocycles. The minimum absolute atomic E-state index is 0.131. The smallest absolute Gasteiger partial charge is 0.234 e. The first-order valence-corrected chi connectivity index (χ1v) is 7.21. The predicted molar refractivity (Wildman–Crippen MR) is 80.7 cm³/mol. The van der Waals surface area contributed by atoms with Crippen molar-refractivity contribution in [3.63, 3.8) is 0 Å². The average molecular weight is 311 g/mol. The fourth-order valence-corrected chi connectivity index (χ4v) is 2.08. The molecule has 6 heteroatoms. The molecule has 0 aliphatic rings. The quantitative estimate of drug-likeness (QED) is 0.801. The van der Waals surface area contributed by atoms with Crippen LogP contribution in [0.1, 0.15) is 25.8 Å². The van der Waals surface area contributed by atoms with Crippen LogP contribution >= 0.6 is 11.6 Å². The van der Waals surface area contributed by atoms with Crippen LogP contribution in [0.25, 0.3) is 0 Å². The molecular formula is C15H19ClN2O3. The van der Waals surface area contributed by atoms with Gasteiger partial charge in [-0.05, 0) is 38.0 Å². The van der Waals surface area contributed by atoms with Gasteiger partial charge in [0.2, 0.25) is 5.91 Å². The van der Waals surface area contributed by atoms with Crippen molar-refractivity contribution in [2.45, 2.75) is 26.7 Å². The standard InChI is InChI=1S/C15H19ClN2O3/c1-3-20-13-10-11(6-8-18-14(19)5-7-17)9-12(16)15(13)21-4-2/h9-10H,3-6,8H2,1-2H3,(H,18,19). The lowest BCUT2D eigenvalue weighted by Gasteiger charge is -2.14. The number of halogens is 1. The van der Waals surface area contributed by atoms with E-state index in [0.717, 1.165) is 5.56 Å². The molecule has 5 nitrogen and oxygen atoms in total. The lowest BCUT2D eigenvalue weighted by atomic mass is 10.1. The zero-order valence-electron chi connectivity index (χ0n) is 12.2. The Kier molecular flexibility index (Phi) is 7.41. The molecular weight excluding hydrogens is 292 g/mol. The van der Waals surface area contributed by atoms with Crippen molar-refractivity contribution in [1.82, 2.24) is 5.32 Å². The lowest BCUT2D eigenvalue weighted by molar-refractivity contribution is -0.120. The number of amides is 1. The van der Waals surface area contributed by atoms with E-state index in [0.29, 0.717) is 42.7 Å². The van der Waals surface area contributed by atoms with E-state index in [2.05, 4.69) is 5.32 Å². The number of benzene rings is 1. The van der Waals surface area contributed by atoms with Crippen LogP contribution in [0.3, 0.4) is 0 Å². The number of rotatable bonds is 8. The Labute approximate surface area is 129 Å². The largest absolute Gasteiger partial charge is 0.490 e. The summed E-state index contributed by atoms with van der Waals surface area (Å²) in [7, 11) is 0. The van der Waals surface area contributed by atoms with Crippen LogP contribution in [0.2, 0.25) is 5.02 Å². The first-order valence-electron chi connectivity index (χ1n) is 6.84. The highest BCUT2D eigenvalue weighted by Gasteiger charge is 2.12. The Morgan fingerprint density at radius 1 is 1.33 bits per heavy atom. The van der Waals surface area contributed by atoms with E-state index in [-0.39, 0.29) is 12.3 Å². The molecule has 114 valence electrons. The van der Waals surface area contributed by atoms with E-state index < -0.39 is 0 Å². The normalized spacial score (nSPS) is 9.81. The maximum Gasteiger partial charge on any atom is 0.234 e. The maximum atomic E-state index is 11.2. The zero-order chi connectivity index (χ0) is 15.7. The van der Waals surface area contributed by atoms with Crippen molar-refractivity contribution < 1.29 is 14.3 Å². The van der Waals surface area contributed by atoms with Gasteiger partial charge in [0.25, 0.3) is 0 Å². The molecule has 0 aliphatic carbocycles. The molecule has 0 aliphatic heterocycles. The Bertz CT molecular complexity index is 526. The molecule has 0 unspecified atom stereocenters. The summed E-state index contributed by atoms with van der Waals surface area (Å²) >= 11 is 6.20. The van der Waals surface area contributed by atoms with E-state index in [9.17, 15) is 4.79 Å². The van der Waals surface area contributed by atoms with Crippen LogP contribution in [0.15, 0.2) is 12.1 Å². The van der Waals surface area contributed by atoms with Crippen LogP contribution in [0.5, 0.6) is 11.5 Å². The number of ether oxygens (including phenoxy) is 2. The Hall–Kier alpha value is -1.93. The van der Waals surface area contributed by atoms with E-state index in [1.54, 1.807) is 12.1 Å². The summed E-state index contributed by atoms with van der Waals surface area (Å²) in [5.74, 6) is 0.864. The van der Waals surface area contributed by atoms with Gasteiger partial charge in [-0.1, -0.05) is 11.6 Å². The highest BCUT2D eigenvalue weighted by molar-refractivity contribution is 6.32. The second kappa shape index (κ2) is 9.09. The Morgan fingerprint density at radius 3 is 2.67 bits per heavy atom. The zero-order valence-corrected chi connectivity index (χ0v) is 13.0. The first-order chi connectivity index (χ1) is 10.1. The highest BCUT2D eigenvalue weighted by Crippen LogP contribution is 2.36. The number of nitrogens with zero attached hydrogens (tertiary/aromatic N) is 1. The number of hydrogen-bond acceptors (Lipinski definition) is 4. The number of nitrogens with one attached hydrogen (secondary N) is 1. The molecule has 0 spiro atoms. The third-order valence-corrected chi connectivity index (χ3v) is 2.91. The summed E-state index contributed by atoms with van der Waals surface area (Å²) in [5.41, 5.74) is 0.934. The molecule has 1 N–H and O–H groups in total. The van der Waals surface area contributed by atoms with Crippen molar-refractivity contribution in [3.8, 4) is 17.6 Å². The van der Waals surface area contributed by atoms with Crippen LogP contribution in [-0.4, -0.2) is 25.7 Å². The number of hydrogen-bond donors (Lipinski definition) is 1. The van der Waals surface area contributed by atoms with Gasteiger partial charge in [0, 0.05) is 6.54 Å². The van der Waals surface area contributed by atoms with Crippen molar-refractivity contribution in [1.29, 1.82) is 5.26 Å². The van der Waals surface area contributed by atoms with Crippen molar-refractivity contribution >= 4 is 17.5 Å². The molecule has 0 atom stereocenters. The molecule has 0 fully saturated rings. The van der Waals surface area contributed by atoms with Crippen LogP contribution in [-0.2, 0) is 11.2 Å². The summed E-state index contributed by atoms with van der Waals surface area (Å²) in [6.07, 6.45) is 0.470. The molecule has 0 saturated carbocycles. The summed E-state index contributed by atoms with van der Waals surface area (Å²) in [5, 5.41) is 11.6. The minimum Gasteiger partial charge on any atom is -0.490 e. The highest BCUT2D eigenvalue weighted by atomic mass is 35.5. The van der Waals surface area contributed by atoms with Crippen molar-refractivity contribution in [2.24, 2.45) is 0 Å². The van der Waals surface area contributed by atoms with Crippen LogP contribution < -0.4 is 14.8 Å². The topological polar surface area (TPSA) is 71.3 Å². The van der Waals surface area contributed by atoms with Gasteiger partial charge >= 0.3 is 0 Å². The van der Waals surface area contributed by atoms with Gasteiger partial charge in [-0.15, -0.1) is 0 Å². The molecule has 1 aromatic carbocycles. The Balaban J connectivity index is 2.75. The third-order valence-electron chi connectivity index (χ3n) is 2.63. The molecule has 0 aromatic heterocycles. The van der Waals surface area contributed by atoms with Gasteiger partial charge in [-0.25, -0.2) is 0 Å². The number of nitriles is 1. The van der Waals surface area contributed by atoms with Gasteiger partial charge in [0.05, 0.1) is 24.3 Å². The van der Waals surface area contributed by atoms with Crippen molar-refractivity contribution in [2.75, 3.05) is 19.8 Å². The fourth-order valence-electron chi connectivity index (χ4n) is 1.79. The van der Waals surface area contributed by atoms with E-state index in [1.807, 2.05) is 19.9 Å². The monoisotopic (exact) mass is 310 g/mol. The van der Waals surface area contributed by atoms with Gasteiger partial charge in [-0.3, -0.25) is 4.79 Å². The third kappa shape index (κ3) is 5.52. The summed E-state index contributed by atoms with van der Waals surface area (Å²) in [6.45, 7) is 5.22. The Morgan fingerprint density at radius 2 is 2.05 bits per heavy atom. The molecule has 1 rings (SSSR count). The van der Waals surface area contributed by atoms with Crippen molar-refractivity contribution in [3.05, 3.63) is 22.7 Å². The fraction of sp³-hybridized carbons (Fsp3) is 0.467. The van der Waals surface area contributed by atoms with Gasteiger partial charge in [-0.2, -0.15) is 5.26 Å². The molecule has 1 aromatic rings. The summed E-state index contributed by atoms with van der Waals surface area (Å²) < 4.78 is 11.0. The molecule has 0 radical (unpaired) electrons. The number of carbonyl (C=O) groups is 1. The second-order valence-corrected chi connectivity index (χ2v) is 4.61. The maximum absolute atomic E-state index is 11.2. The molecule has 0 bridgehead atoms. The molecule has 0 heterocycles. The van der Waals surface area contributed by atoms with E-state index in [1.165, 1.54) is 0 Å². The van der Waals surface area contributed by atoms with Crippen LogP contribution in [0, 0.1) is 11.3 Å². The molecule has 21 heavy (non-hydrogen) atoms. The van der Waals surface area contributed by atoms with E-state index in [4.69, 9.17) is 26.3 Å². The first kappa shape index (κ1) is 17.1. The number of carbonyl (C=O) groups excluding carboxylic acids is 1. The van der Waals surface area contributed by atoms with E-state index >= 15 is 0 Å². The molecule has 1 amide bonds. The van der Waals surface area contributed by atoms with Gasteiger partial charge in [0.15, 0.2) is 11.5 Å².